The third-order valence-electron chi connectivity index (χ3n) is 4.26. The highest BCUT2D eigenvalue weighted by Gasteiger charge is 2.26. The molecule has 0 spiro atoms. The summed E-state index contributed by atoms with van der Waals surface area (Å²) < 4.78 is 21.5. The number of carboxylic acid groups (broad SMARTS) is 1. The number of aromatic nitrogens is 2. The first-order valence-corrected chi connectivity index (χ1v) is 7.79. The summed E-state index contributed by atoms with van der Waals surface area (Å²) in [5.74, 6) is -1.52. The lowest BCUT2D eigenvalue weighted by Gasteiger charge is -2.24. The van der Waals surface area contributed by atoms with Crippen molar-refractivity contribution in [1.29, 1.82) is 0 Å². The SMILES string of the molecule is CCc1ccc(-c2c(C(=O)O)cnn2C2CCOCC2)c(F)c1. The number of halogens is 1. The molecule has 0 unspecified atom stereocenters. The summed E-state index contributed by atoms with van der Waals surface area (Å²) in [6.07, 6.45) is 3.51. The van der Waals surface area contributed by atoms with Crippen LogP contribution < -0.4 is 0 Å². The van der Waals surface area contributed by atoms with Crippen LogP contribution in [0.5, 0.6) is 0 Å². The molecule has 6 heteroatoms. The van der Waals surface area contributed by atoms with Crippen LogP contribution in [-0.4, -0.2) is 34.1 Å². The van der Waals surface area contributed by atoms with Gasteiger partial charge < -0.3 is 9.84 Å². The number of benzene rings is 1. The van der Waals surface area contributed by atoms with E-state index in [0.29, 0.717) is 18.9 Å². The van der Waals surface area contributed by atoms with Crippen LogP contribution in [-0.2, 0) is 11.2 Å². The maximum absolute atomic E-state index is 14.5. The monoisotopic (exact) mass is 318 g/mol. The van der Waals surface area contributed by atoms with E-state index in [2.05, 4.69) is 5.10 Å². The zero-order valence-corrected chi connectivity index (χ0v) is 13.0. The Morgan fingerprint density at radius 1 is 1.43 bits per heavy atom. The number of carbonyl (C=O) groups is 1. The second-order valence-corrected chi connectivity index (χ2v) is 5.67. The van der Waals surface area contributed by atoms with Crippen molar-refractivity contribution in [3.63, 3.8) is 0 Å². The summed E-state index contributed by atoms with van der Waals surface area (Å²) in [7, 11) is 0. The molecule has 1 aliphatic rings. The molecule has 1 fully saturated rings. The molecule has 1 saturated heterocycles. The van der Waals surface area contributed by atoms with Crippen molar-refractivity contribution in [3.8, 4) is 11.3 Å². The lowest BCUT2D eigenvalue weighted by atomic mass is 10.0. The molecule has 0 saturated carbocycles. The standard InChI is InChI=1S/C17H19FN2O3/c1-2-11-3-4-13(15(18)9-11)16-14(17(21)22)10-19-20(16)12-5-7-23-8-6-12/h3-4,9-10,12H,2,5-8H2,1H3,(H,21,22). The van der Waals surface area contributed by atoms with E-state index in [1.807, 2.05) is 13.0 Å². The predicted molar refractivity (Wildman–Crippen MR) is 83.0 cm³/mol. The van der Waals surface area contributed by atoms with Gasteiger partial charge in [-0.05, 0) is 37.0 Å². The fourth-order valence-corrected chi connectivity index (χ4v) is 2.96. The maximum Gasteiger partial charge on any atom is 0.339 e. The number of aromatic carboxylic acids is 1. The first kappa shape index (κ1) is 15.7. The number of aryl methyl sites for hydroxylation is 1. The van der Waals surface area contributed by atoms with Crippen molar-refractivity contribution in [2.24, 2.45) is 0 Å². The Morgan fingerprint density at radius 3 is 2.78 bits per heavy atom. The van der Waals surface area contributed by atoms with Crippen LogP contribution in [0.15, 0.2) is 24.4 Å². The van der Waals surface area contributed by atoms with Crippen LogP contribution in [0.25, 0.3) is 11.3 Å². The summed E-state index contributed by atoms with van der Waals surface area (Å²) in [5.41, 5.74) is 1.52. The molecule has 2 heterocycles. The molecule has 1 aromatic carbocycles. The Morgan fingerprint density at radius 2 is 2.17 bits per heavy atom. The van der Waals surface area contributed by atoms with Gasteiger partial charge in [-0.15, -0.1) is 0 Å². The molecule has 2 aromatic rings. The lowest BCUT2D eigenvalue weighted by molar-refractivity contribution is 0.0665. The number of ether oxygens (including phenoxy) is 1. The number of hydrogen-bond donors (Lipinski definition) is 1. The molecule has 0 bridgehead atoms. The number of nitrogens with zero attached hydrogens (tertiary/aromatic N) is 2. The van der Waals surface area contributed by atoms with Crippen molar-refractivity contribution < 1.29 is 19.0 Å². The van der Waals surface area contributed by atoms with E-state index in [-0.39, 0.29) is 17.2 Å². The van der Waals surface area contributed by atoms with Crippen LogP contribution in [0.1, 0.15) is 41.7 Å². The van der Waals surface area contributed by atoms with Gasteiger partial charge in [-0.25, -0.2) is 9.18 Å². The lowest BCUT2D eigenvalue weighted by Crippen LogP contribution is -2.21. The van der Waals surface area contributed by atoms with Crippen LogP contribution in [0.2, 0.25) is 0 Å². The van der Waals surface area contributed by atoms with Crippen LogP contribution in [0, 0.1) is 5.82 Å². The van der Waals surface area contributed by atoms with Gasteiger partial charge in [0.15, 0.2) is 0 Å². The number of hydrogen-bond acceptors (Lipinski definition) is 3. The van der Waals surface area contributed by atoms with Crippen molar-refractivity contribution >= 4 is 5.97 Å². The minimum atomic E-state index is -1.10. The zero-order valence-electron chi connectivity index (χ0n) is 13.0. The van der Waals surface area contributed by atoms with Gasteiger partial charge >= 0.3 is 5.97 Å². The van der Waals surface area contributed by atoms with E-state index in [1.54, 1.807) is 10.7 Å². The van der Waals surface area contributed by atoms with Crippen molar-refractivity contribution in [1.82, 2.24) is 9.78 Å². The smallest absolute Gasteiger partial charge is 0.339 e. The van der Waals surface area contributed by atoms with Crippen molar-refractivity contribution in [3.05, 3.63) is 41.3 Å². The van der Waals surface area contributed by atoms with Crippen LogP contribution >= 0.6 is 0 Å². The van der Waals surface area contributed by atoms with Gasteiger partial charge in [0.25, 0.3) is 0 Å². The quantitative estimate of drug-likeness (QED) is 0.939. The largest absolute Gasteiger partial charge is 0.478 e. The van der Waals surface area contributed by atoms with Gasteiger partial charge in [-0.1, -0.05) is 13.0 Å². The van der Waals surface area contributed by atoms with Gasteiger partial charge in [0.1, 0.15) is 11.4 Å². The highest BCUT2D eigenvalue weighted by molar-refractivity contribution is 5.94. The molecule has 23 heavy (non-hydrogen) atoms. The topological polar surface area (TPSA) is 64.3 Å². The van der Waals surface area contributed by atoms with E-state index >= 15 is 0 Å². The molecular formula is C17H19FN2O3. The third-order valence-corrected chi connectivity index (χ3v) is 4.26. The Kier molecular flexibility index (Phi) is 4.43. The molecule has 0 amide bonds. The second kappa shape index (κ2) is 6.50. The van der Waals surface area contributed by atoms with Gasteiger partial charge in [0, 0.05) is 18.8 Å². The van der Waals surface area contributed by atoms with Gasteiger partial charge in [0.2, 0.25) is 0 Å². The molecule has 122 valence electrons. The normalized spacial score (nSPS) is 15.7. The van der Waals surface area contributed by atoms with E-state index in [9.17, 15) is 14.3 Å². The second-order valence-electron chi connectivity index (χ2n) is 5.67. The molecular weight excluding hydrogens is 299 g/mol. The van der Waals surface area contributed by atoms with Gasteiger partial charge in [-0.3, -0.25) is 4.68 Å². The molecule has 0 radical (unpaired) electrons. The zero-order chi connectivity index (χ0) is 16.4. The predicted octanol–water partition coefficient (Wildman–Crippen LogP) is 3.30. The minimum Gasteiger partial charge on any atom is -0.478 e. The highest BCUT2D eigenvalue weighted by Crippen LogP contribution is 2.32. The molecule has 1 N–H and O–H groups in total. The van der Waals surface area contributed by atoms with E-state index < -0.39 is 11.8 Å². The maximum atomic E-state index is 14.5. The molecule has 0 aliphatic carbocycles. The fourth-order valence-electron chi connectivity index (χ4n) is 2.96. The average molecular weight is 318 g/mol. The Bertz CT molecular complexity index is 721. The Labute approximate surface area is 133 Å². The average Bonchev–Trinajstić information content (AvgIpc) is 3.00. The molecule has 1 aliphatic heterocycles. The van der Waals surface area contributed by atoms with Gasteiger partial charge in [-0.2, -0.15) is 5.10 Å². The third kappa shape index (κ3) is 2.99. The van der Waals surface area contributed by atoms with Gasteiger partial charge in [0.05, 0.1) is 17.9 Å². The Balaban J connectivity index is 2.12. The van der Waals surface area contributed by atoms with E-state index in [4.69, 9.17) is 4.74 Å². The molecule has 1 aromatic heterocycles. The van der Waals surface area contributed by atoms with E-state index in [1.165, 1.54) is 12.3 Å². The van der Waals surface area contributed by atoms with Crippen LogP contribution in [0.4, 0.5) is 4.39 Å². The Hall–Kier alpha value is -2.21. The number of rotatable bonds is 4. The summed E-state index contributed by atoms with van der Waals surface area (Å²) in [6.45, 7) is 3.15. The summed E-state index contributed by atoms with van der Waals surface area (Å²) >= 11 is 0. The summed E-state index contributed by atoms with van der Waals surface area (Å²) in [4.78, 5) is 11.5. The highest BCUT2D eigenvalue weighted by atomic mass is 19.1. The van der Waals surface area contributed by atoms with E-state index in [0.717, 1.165) is 24.8 Å². The molecule has 5 nitrogen and oxygen atoms in total. The van der Waals surface area contributed by atoms with Crippen molar-refractivity contribution in [2.45, 2.75) is 32.2 Å². The molecule has 3 rings (SSSR count). The summed E-state index contributed by atoms with van der Waals surface area (Å²) in [6, 6.07) is 4.96. The van der Waals surface area contributed by atoms with Crippen molar-refractivity contribution in [2.75, 3.05) is 13.2 Å². The van der Waals surface area contributed by atoms with Crippen LogP contribution in [0.3, 0.4) is 0 Å². The minimum absolute atomic E-state index is 0.0251. The fraction of sp³-hybridized carbons (Fsp3) is 0.412. The first-order chi connectivity index (χ1) is 11.1. The number of carboxylic acids is 1. The summed E-state index contributed by atoms with van der Waals surface area (Å²) in [5, 5.41) is 13.7. The first-order valence-electron chi connectivity index (χ1n) is 7.79. The molecule has 0 atom stereocenters.